The maximum Gasteiger partial charge on any atom is 0.255 e. The SMILES string of the molecule is NC(=O)c1cccc(CC(=O)C=O)c1NC(=O)c1cccc(F)c1. The third-order valence-corrected chi connectivity index (χ3v) is 3.24. The minimum Gasteiger partial charge on any atom is -0.366 e. The van der Waals surface area contributed by atoms with Crippen molar-refractivity contribution in [1.82, 2.24) is 0 Å². The third kappa shape index (κ3) is 3.89. The molecule has 0 radical (unpaired) electrons. The molecular weight excluding hydrogens is 315 g/mol. The summed E-state index contributed by atoms with van der Waals surface area (Å²) >= 11 is 0. The van der Waals surface area contributed by atoms with Gasteiger partial charge in [-0.05, 0) is 29.8 Å². The maximum atomic E-state index is 13.2. The molecule has 0 aliphatic carbocycles. The summed E-state index contributed by atoms with van der Waals surface area (Å²) in [5, 5.41) is 2.46. The Labute approximate surface area is 136 Å². The van der Waals surface area contributed by atoms with Crippen molar-refractivity contribution >= 4 is 29.6 Å². The summed E-state index contributed by atoms with van der Waals surface area (Å²) in [6, 6.07) is 9.29. The van der Waals surface area contributed by atoms with E-state index in [0.717, 1.165) is 6.07 Å². The number of rotatable bonds is 6. The van der Waals surface area contributed by atoms with Crippen LogP contribution in [0.5, 0.6) is 0 Å². The Morgan fingerprint density at radius 3 is 2.46 bits per heavy atom. The molecule has 24 heavy (non-hydrogen) atoms. The smallest absolute Gasteiger partial charge is 0.255 e. The number of primary amides is 1. The molecule has 0 saturated carbocycles. The lowest BCUT2D eigenvalue weighted by Crippen LogP contribution is -2.20. The van der Waals surface area contributed by atoms with Crippen LogP contribution in [-0.2, 0) is 16.0 Å². The van der Waals surface area contributed by atoms with Crippen LogP contribution >= 0.6 is 0 Å². The van der Waals surface area contributed by atoms with E-state index in [1.54, 1.807) is 0 Å². The number of para-hydroxylation sites is 1. The van der Waals surface area contributed by atoms with E-state index in [1.807, 2.05) is 0 Å². The Hall–Kier alpha value is -3.35. The Bertz CT molecular complexity index is 833. The van der Waals surface area contributed by atoms with E-state index in [-0.39, 0.29) is 35.1 Å². The van der Waals surface area contributed by atoms with Gasteiger partial charge in [-0.2, -0.15) is 0 Å². The fourth-order valence-electron chi connectivity index (χ4n) is 2.15. The molecule has 2 aromatic rings. The van der Waals surface area contributed by atoms with Gasteiger partial charge in [0.2, 0.25) is 0 Å². The van der Waals surface area contributed by atoms with E-state index in [9.17, 15) is 23.6 Å². The van der Waals surface area contributed by atoms with Gasteiger partial charge in [0.25, 0.3) is 11.8 Å². The summed E-state index contributed by atoms with van der Waals surface area (Å²) in [5.74, 6) is -2.81. The summed E-state index contributed by atoms with van der Waals surface area (Å²) in [5.41, 5.74) is 5.57. The highest BCUT2D eigenvalue weighted by molar-refractivity contribution is 6.26. The fourth-order valence-corrected chi connectivity index (χ4v) is 2.15. The van der Waals surface area contributed by atoms with Crippen LogP contribution in [0.25, 0.3) is 0 Å². The zero-order valence-corrected chi connectivity index (χ0v) is 12.4. The summed E-state index contributed by atoms with van der Waals surface area (Å²) in [4.78, 5) is 45.7. The highest BCUT2D eigenvalue weighted by Crippen LogP contribution is 2.23. The normalized spacial score (nSPS) is 10.0. The second-order valence-corrected chi connectivity index (χ2v) is 4.93. The average Bonchev–Trinajstić information content (AvgIpc) is 2.55. The van der Waals surface area contributed by atoms with Crippen LogP contribution in [-0.4, -0.2) is 23.9 Å². The Balaban J connectivity index is 2.42. The highest BCUT2D eigenvalue weighted by atomic mass is 19.1. The van der Waals surface area contributed by atoms with Gasteiger partial charge in [0.05, 0.1) is 11.3 Å². The first-order valence-electron chi connectivity index (χ1n) is 6.89. The Kier molecular flexibility index (Phi) is 5.16. The van der Waals surface area contributed by atoms with Gasteiger partial charge in [0.15, 0.2) is 12.1 Å². The van der Waals surface area contributed by atoms with Crippen LogP contribution in [0.3, 0.4) is 0 Å². The van der Waals surface area contributed by atoms with Crippen molar-refractivity contribution in [3.63, 3.8) is 0 Å². The first-order valence-corrected chi connectivity index (χ1v) is 6.89. The summed E-state index contributed by atoms with van der Waals surface area (Å²) in [6.45, 7) is 0. The molecule has 122 valence electrons. The minimum absolute atomic E-state index is 0.0176. The quantitative estimate of drug-likeness (QED) is 0.619. The predicted octanol–water partition coefficient (Wildman–Crippen LogP) is 1.49. The van der Waals surface area contributed by atoms with Gasteiger partial charge in [-0.15, -0.1) is 0 Å². The lowest BCUT2D eigenvalue weighted by Gasteiger charge is -2.13. The highest BCUT2D eigenvalue weighted by Gasteiger charge is 2.18. The lowest BCUT2D eigenvalue weighted by molar-refractivity contribution is -0.129. The van der Waals surface area contributed by atoms with Gasteiger partial charge in [-0.25, -0.2) is 4.39 Å². The molecule has 3 N–H and O–H groups in total. The first kappa shape index (κ1) is 17.0. The maximum absolute atomic E-state index is 13.2. The van der Waals surface area contributed by atoms with Crippen molar-refractivity contribution in [3.05, 3.63) is 65.0 Å². The van der Waals surface area contributed by atoms with Gasteiger partial charge < -0.3 is 11.1 Å². The summed E-state index contributed by atoms with van der Waals surface area (Å²) in [7, 11) is 0. The van der Waals surface area contributed by atoms with Gasteiger partial charge in [0.1, 0.15) is 5.82 Å². The molecule has 0 fully saturated rings. The van der Waals surface area contributed by atoms with Crippen LogP contribution in [0, 0.1) is 5.82 Å². The molecule has 0 spiro atoms. The largest absolute Gasteiger partial charge is 0.366 e. The van der Waals surface area contributed by atoms with E-state index in [2.05, 4.69) is 5.32 Å². The molecule has 0 saturated heterocycles. The van der Waals surface area contributed by atoms with Crippen molar-refractivity contribution in [2.24, 2.45) is 5.73 Å². The standard InChI is InChI=1S/C17H13FN2O4/c18-12-5-1-4-11(7-12)17(24)20-15-10(8-13(22)9-21)3-2-6-14(15)16(19)23/h1-7,9H,8H2,(H2,19,23)(H,20,24). The minimum atomic E-state index is -0.815. The number of carbonyl (C=O) groups is 4. The van der Waals surface area contributed by atoms with E-state index in [4.69, 9.17) is 5.73 Å². The molecule has 0 aromatic heterocycles. The molecule has 2 aromatic carbocycles. The molecule has 0 heterocycles. The van der Waals surface area contributed by atoms with Crippen LogP contribution in [0.4, 0.5) is 10.1 Å². The van der Waals surface area contributed by atoms with E-state index in [1.165, 1.54) is 36.4 Å². The molecule has 0 aliphatic rings. The van der Waals surface area contributed by atoms with Crippen LogP contribution in [0.2, 0.25) is 0 Å². The average molecular weight is 328 g/mol. The zero-order valence-electron chi connectivity index (χ0n) is 12.4. The van der Waals surface area contributed by atoms with Crippen molar-refractivity contribution < 1.29 is 23.6 Å². The van der Waals surface area contributed by atoms with Gasteiger partial charge in [-0.3, -0.25) is 19.2 Å². The number of hydrogen-bond acceptors (Lipinski definition) is 4. The molecule has 0 aliphatic heterocycles. The zero-order chi connectivity index (χ0) is 17.7. The summed E-state index contributed by atoms with van der Waals surface area (Å²) < 4.78 is 13.2. The van der Waals surface area contributed by atoms with E-state index >= 15 is 0 Å². The van der Waals surface area contributed by atoms with E-state index < -0.39 is 23.4 Å². The van der Waals surface area contributed by atoms with Crippen LogP contribution in [0.1, 0.15) is 26.3 Å². The topological polar surface area (TPSA) is 106 Å². The monoisotopic (exact) mass is 328 g/mol. The van der Waals surface area contributed by atoms with Gasteiger partial charge >= 0.3 is 0 Å². The number of Topliss-reactive ketones (excluding diaryl/α,β-unsaturated/α-hetero) is 1. The molecule has 0 bridgehead atoms. The summed E-state index contributed by atoms with van der Waals surface area (Å²) in [6.07, 6.45) is -0.154. The van der Waals surface area contributed by atoms with Crippen molar-refractivity contribution in [3.8, 4) is 0 Å². The molecule has 0 unspecified atom stereocenters. The molecule has 2 amide bonds. The van der Waals surface area contributed by atoms with Crippen LogP contribution < -0.4 is 11.1 Å². The van der Waals surface area contributed by atoms with E-state index in [0.29, 0.717) is 0 Å². The molecule has 7 heteroatoms. The number of carbonyl (C=O) groups excluding carboxylic acids is 4. The Morgan fingerprint density at radius 2 is 1.83 bits per heavy atom. The van der Waals surface area contributed by atoms with Crippen molar-refractivity contribution in [2.45, 2.75) is 6.42 Å². The van der Waals surface area contributed by atoms with Crippen molar-refractivity contribution in [1.29, 1.82) is 0 Å². The Morgan fingerprint density at radius 1 is 1.12 bits per heavy atom. The lowest BCUT2D eigenvalue weighted by atomic mass is 10.0. The second kappa shape index (κ2) is 7.28. The van der Waals surface area contributed by atoms with Crippen molar-refractivity contribution in [2.75, 3.05) is 5.32 Å². The third-order valence-electron chi connectivity index (χ3n) is 3.24. The number of nitrogens with two attached hydrogens (primary N) is 1. The fraction of sp³-hybridized carbons (Fsp3) is 0.0588. The number of ketones is 1. The number of aldehydes is 1. The van der Waals surface area contributed by atoms with Crippen LogP contribution in [0.15, 0.2) is 42.5 Å². The molecule has 6 nitrogen and oxygen atoms in total. The predicted molar refractivity (Wildman–Crippen MR) is 84.1 cm³/mol. The number of anilines is 1. The number of benzene rings is 2. The van der Waals surface area contributed by atoms with Gasteiger partial charge in [0, 0.05) is 12.0 Å². The second-order valence-electron chi connectivity index (χ2n) is 4.93. The number of hydrogen-bond donors (Lipinski definition) is 2. The number of halogens is 1. The molecular formula is C17H13FN2O4. The first-order chi connectivity index (χ1) is 11.4. The number of amides is 2. The number of nitrogens with one attached hydrogen (secondary N) is 1. The molecule has 2 rings (SSSR count). The molecule has 0 atom stereocenters. The van der Waals surface area contributed by atoms with Gasteiger partial charge in [-0.1, -0.05) is 18.2 Å².